The summed E-state index contributed by atoms with van der Waals surface area (Å²) in [5, 5.41) is 38.0. The fraction of sp³-hybridized carbons (Fsp3) is 0.350. The van der Waals surface area contributed by atoms with Gasteiger partial charge < -0.3 is 15.0 Å². The van der Waals surface area contributed by atoms with Crippen molar-refractivity contribution in [1.29, 1.82) is 10.5 Å². The fourth-order valence-electron chi connectivity index (χ4n) is 4.16. The predicted octanol–water partition coefficient (Wildman–Crippen LogP) is 1.90. The average molecular weight is 431 g/mol. The van der Waals surface area contributed by atoms with Crippen LogP contribution in [0.2, 0.25) is 0 Å². The van der Waals surface area contributed by atoms with Gasteiger partial charge in [0.25, 0.3) is 0 Å². The number of nitro groups is 1. The van der Waals surface area contributed by atoms with Crippen molar-refractivity contribution < 1.29 is 9.66 Å². The number of ether oxygens (including phenoxy) is 1. The first-order chi connectivity index (χ1) is 15.5. The van der Waals surface area contributed by atoms with E-state index < -0.39 is 11.0 Å². The van der Waals surface area contributed by atoms with Crippen molar-refractivity contribution in [3.63, 3.8) is 0 Å². The normalized spacial score (nSPS) is 20.2. The lowest BCUT2D eigenvalue weighted by Gasteiger charge is -2.28. The second kappa shape index (κ2) is 7.44. The minimum absolute atomic E-state index is 0.140. The highest BCUT2D eigenvalue weighted by molar-refractivity contribution is 5.82. The molecule has 32 heavy (non-hydrogen) atoms. The molecule has 2 aliphatic heterocycles. The van der Waals surface area contributed by atoms with E-state index in [1.807, 2.05) is 6.07 Å². The lowest BCUT2D eigenvalue weighted by molar-refractivity contribution is -0.384. The van der Waals surface area contributed by atoms with Crippen LogP contribution in [-0.4, -0.2) is 56.0 Å². The molecule has 3 aromatic rings. The number of nitriles is 2. The smallest absolute Gasteiger partial charge is 0.310 e. The summed E-state index contributed by atoms with van der Waals surface area (Å²) in [7, 11) is 0. The van der Waals surface area contributed by atoms with Crippen molar-refractivity contribution in [2.24, 2.45) is 0 Å². The first-order valence-corrected chi connectivity index (χ1v) is 9.96. The van der Waals surface area contributed by atoms with Gasteiger partial charge in [-0.15, -0.1) is 0 Å². The number of nitrogens with zero attached hydrogens (tertiary/aromatic N) is 8. The van der Waals surface area contributed by atoms with E-state index in [-0.39, 0.29) is 23.5 Å². The molecule has 0 aromatic carbocycles. The molecule has 5 heterocycles. The number of hydrogen-bond donors (Lipinski definition) is 1. The monoisotopic (exact) mass is 431 g/mol. The van der Waals surface area contributed by atoms with E-state index >= 15 is 0 Å². The molecule has 1 N–H and O–H groups in total. The summed E-state index contributed by atoms with van der Waals surface area (Å²) in [6, 6.07) is 6.93. The number of aromatic nitrogens is 4. The Hall–Kier alpha value is -4.29. The van der Waals surface area contributed by atoms with E-state index in [9.17, 15) is 15.4 Å². The zero-order valence-corrected chi connectivity index (χ0v) is 17.0. The molecule has 2 fully saturated rings. The maximum absolute atomic E-state index is 11.4. The topological polar surface area (TPSA) is 159 Å². The molecule has 3 aromatic heterocycles. The van der Waals surface area contributed by atoms with Gasteiger partial charge in [-0.1, -0.05) is 0 Å². The predicted molar refractivity (Wildman–Crippen MR) is 112 cm³/mol. The minimum Gasteiger partial charge on any atom is -0.374 e. The van der Waals surface area contributed by atoms with Gasteiger partial charge >= 0.3 is 5.69 Å². The number of morpholine rings is 1. The van der Waals surface area contributed by atoms with Gasteiger partial charge in [-0.3, -0.25) is 10.1 Å². The van der Waals surface area contributed by atoms with Gasteiger partial charge in [-0.05, 0) is 19.4 Å². The molecule has 160 valence electrons. The minimum atomic E-state index is -0.644. The van der Waals surface area contributed by atoms with Crippen LogP contribution in [0.1, 0.15) is 18.9 Å². The van der Waals surface area contributed by atoms with Crippen LogP contribution in [0.3, 0.4) is 0 Å². The van der Waals surface area contributed by atoms with Gasteiger partial charge in [0.05, 0.1) is 41.5 Å². The molecular formula is C20H17N9O3. The number of pyridine rings is 2. The van der Waals surface area contributed by atoms with Crippen LogP contribution >= 0.6 is 0 Å². The Morgan fingerprint density at radius 1 is 1.38 bits per heavy atom. The average Bonchev–Trinajstić information content (AvgIpc) is 3.53. The number of fused-ring (bicyclic) bond motifs is 3. The van der Waals surface area contributed by atoms with E-state index in [0.717, 1.165) is 12.6 Å². The van der Waals surface area contributed by atoms with E-state index in [0.29, 0.717) is 41.4 Å². The molecule has 0 amide bonds. The first kappa shape index (κ1) is 19.7. The van der Waals surface area contributed by atoms with Crippen molar-refractivity contribution in [3.8, 4) is 18.0 Å². The lowest BCUT2D eigenvalue weighted by Crippen LogP contribution is -2.38. The summed E-state index contributed by atoms with van der Waals surface area (Å²) in [6.07, 6.45) is 3.73. The van der Waals surface area contributed by atoms with Crippen LogP contribution in [0.25, 0.3) is 16.9 Å². The molecule has 0 radical (unpaired) electrons. The standard InChI is InChI=1S/C20H17N9O3/c1-11(5-21)25-16-4-18(23-8-17(16)29(30)31)28-20-13(7-24-28)2-12(6-22)19(26-20)27-9-15-3-14(27)10-32-15/h2,4,7-8,11,14-15H,3,9-10H2,1H3,(H,23,25)/t11?,14-,15-/m1/s1. The fourth-order valence-corrected chi connectivity index (χ4v) is 4.16. The molecule has 12 nitrogen and oxygen atoms in total. The maximum atomic E-state index is 11.4. The molecule has 0 spiro atoms. The third kappa shape index (κ3) is 3.14. The Labute approximate surface area is 181 Å². The number of hydrogen-bond acceptors (Lipinski definition) is 10. The van der Waals surface area contributed by atoms with Gasteiger partial charge in [-0.2, -0.15) is 20.3 Å². The van der Waals surface area contributed by atoms with Gasteiger partial charge in [0, 0.05) is 18.0 Å². The van der Waals surface area contributed by atoms with Crippen LogP contribution in [0, 0.1) is 32.8 Å². The maximum Gasteiger partial charge on any atom is 0.310 e. The molecule has 2 aliphatic rings. The van der Waals surface area contributed by atoms with Crippen LogP contribution in [-0.2, 0) is 4.74 Å². The molecular weight excluding hydrogens is 414 g/mol. The summed E-state index contributed by atoms with van der Waals surface area (Å²) >= 11 is 0. The number of nitrogens with one attached hydrogen (secondary N) is 1. The lowest BCUT2D eigenvalue weighted by atomic mass is 10.2. The number of anilines is 2. The van der Waals surface area contributed by atoms with Gasteiger partial charge in [-0.25, -0.2) is 9.97 Å². The van der Waals surface area contributed by atoms with Crippen LogP contribution < -0.4 is 10.2 Å². The highest BCUT2D eigenvalue weighted by atomic mass is 16.6. The van der Waals surface area contributed by atoms with Crippen LogP contribution in [0.5, 0.6) is 0 Å². The van der Waals surface area contributed by atoms with Crippen molar-refractivity contribution >= 4 is 28.2 Å². The largest absolute Gasteiger partial charge is 0.374 e. The Kier molecular flexibility index (Phi) is 4.57. The highest BCUT2D eigenvalue weighted by Gasteiger charge is 2.40. The van der Waals surface area contributed by atoms with Gasteiger partial charge in [0.1, 0.15) is 29.8 Å². The Balaban J connectivity index is 1.61. The third-order valence-corrected chi connectivity index (χ3v) is 5.66. The summed E-state index contributed by atoms with van der Waals surface area (Å²) in [6.45, 7) is 2.87. The third-order valence-electron chi connectivity index (χ3n) is 5.66. The molecule has 12 heteroatoms. The molecule has 3 atom stereocenters. The van der Waals surface area contributed by atoms with Crippen molar-refractivity contribution in [2.45, 2.75) is 31.5 Å². The number of rotatable bonds is 5. The summed E-state index contributed by atoms with van der Waals surface area (Å²) in [4.78, 5) is 21.9. The molecule has 2 bridgehead atoms. The summed E-state index contributed by atoms with van der Waals surface area (Å²) in [5.41, 5.74) is 0.830. The summed E-state index contributed by atoms with van der Waals surface area (Å²) < 4.78 is 7.13. The Morgan fingerprint density at radius 3 is 2.88 bits per heavy atom. The first-order valence-electron chi connectivity index (χ1n) is 9.96. The SMILES string of the molecule is CC(C#N)Nc1cc(-n2ncc3cc(C#N)c(N4C[C@H]5C[C@@H]4CO5)nc32)ncc1[N+](=O)[O-]. The van der Waals surface area contributed by atoms with Gasteiger partial charge in [0.15, 0.2) is 11.5 Å². The molecule has 1 unspecified atom stereocenters. The quantitative estimate of drug-likeness (QED) is 0.467. The molecule has 0 aliphatic carbocycles. The zero-order valence-electron chi connectivity index (χ0n) is 17.0. The Morgan fingerprint density at radius 2 is 2.22 bits per heavy atom. The van der Waals surface area contributed by atoms with Crippen molar-refractivity contribution in [3.05, 3.63) is 40.2 Å². The van der Waals surface area contributed by atoms with E-state index in [1.54, 1.807) is 19.2 Å². The molecule has 0 saturated carbocycles. The van der Waals surface area contributed by atoms with E-state index in [2.05, 4.69) is 26.4 Å². The highest BCUT2D eigenvalue weighted by Crippen LogP contribution is 2.35. The van der Waals surface area contributed by atoms with Gasteiger partial charge in [0.2, 0.25) is 0 Å². The van der Waals surface area contributed by atoms with E-state index in [1.165, 1.54) is 10.7 Å². The van der Waals surface area contributed by atoms with Crippen molar-refractivity contribution in [1.82, 2.24) is 19.7 Å². The van der Waals surface area contributed by atoms with Crippen molar-refractivity contribution in [2.75, 3.05) is 23.4 Å². The molecule has 2 saturated heterocycles. The van der Waals surface area contributed by atoms with E-state index in [4.69, 9.17) is 15.0 Å². The second-order valence-electron chi connectivity index (χ2n) is 7.75. The summed E-state index contributed by atoms with van der Waals surface area (Å²) in [5.74, 6) is 0.864. The Bertz CT molecular complexity index is 1320. The van der Waals surface area contributed by atoms with Crippen LogP contribution in [0.4, 0.5) is 17.2 Å². The molecule has 5 rings (SSSR count). The van der Waals surface area contributed by atoms with Crippen LogP contribution in [0.15, 0.2) is 24.5 Å². The second-order valence-corrected chi connectivity index (χ2v) is 7.75. The zero-order chi connectivity index (χ0) is 22.4.